The SMILES string of the molecule is COc1cc(NC(=O)Cc2ccccc2[N+](=O)[O-])c(C(N)=O)cc1OC. The van der Waals surface area contributed by atoms with E-state index in [0.717, 1.165) is 0 Å². The van der Waals surface area contributed by atoms with Crippen LogP contribution < -0.4 is 20.5 Å². The number of rotatable bonds is 7. The highest BCUT2D eigenvalue weighted by Gasteiger charge is 2.19. The van der Waals surface area contributed by atoms with Crippen molar-refractivity contribution >= 4 is 23.2 Å². The molecule has 0 fully saturated rings. The second-order valence-corrected chi connectivity index (χ2v) is 5.23. The summed E-state index contributed by atoms with van der Waals surface area (Å²) in [6.45, 7) is 0. The second kappa shape index (κ2) is 7.97. The van der Waals surface area contributed by atoms with Crippen molar-refractivity contribution in [1.29, 1.82) is 0 Å². The van der Waals surface area contributed by atoms with E-state index >= 15 is 0 Å². The Morgan fingerprint density at radius 3 is 2.35 bits per heavy atom. The summed E-state index contributed by atoms with van der Waals surface area (Å²) in [4.78, 5) is 34.5. The molecule has 0 unspecified atom stereocenters. The van der Waals surface area contributed by atoms with Gasteiger partial charge in [0.2, 0.25) is 5.91 Å². The number of hydrogen-bond donors (Lipinski definition) is 2. The number of amides is 2. The third-order valence-corrected chi connectivity index (χ3v) is 3.60. The number of nitrogens with zero attached hydrogens (tertiary/aromatic N) is 1. The van der Waals surface area contributed by atoms with Gasteiger partial charge in [-0.05, 0) is 6.07 Å². The smallest absolute Gasteiger partial charge is 0.273 e. The lowest BCUT2D eigenvalue weighted by molar-refractivity contribution is -0.385. The minimum absolute atomic E-state index is 0.0264. The maximum atomic E-state index is 12.3. The van der Waals surface area contributed by atoms with Crippen LogP contribution in [0.1, 0.15) is 15.9 Å². The van der Waals surface area contributed by atoms with Gasteiger partial charge in [0.05, 0.1) is 36.8 Å². The fourth-order valence-corrected chi connectivity index (χ4v) is 2.39. The highest BCUT2D eigenvalue weighted by molar-refractivity contribution is 6.04. The molecule has 0 aliphatic rings. The summed E-state index contributed by atoms with van der Waals surface area (Å²) in [6, 6.07) is 8.66. The van der Waals surface area contributed by atoms with Crippen molar-refractivity contribution in [3.05, 3.63) is 57.6 Å². The first-order chi connectivity index (χ1) is 12.4. The number of methoxy groups -OCH3 is 2. The summed E-state index contributed by atoms with van der Waals surface area (Å²) < 4.78 is 10.2. The summed E-state index contributed by atoms with van der Waals surface area (Å²) in [5.74, 6) is -0.752. The fourth-order valence-electron chi connectivity index (χ4n) is 2.39. The average Bonchev–Trinajstić information content (AvgIpc) is 2.61. The first-order valence-corrected chi connectivity index (χ1v) is 7.45. The Hall–Kier alpha value is -3.62. The van der Waals surface area contributed by atoms with Gasteiger partial charge in [-0.1, -0.05) is 18.2 Å². The van der Waals surface area contributed by atoms with Crippen LogP contribution in [0.15, 0.2) is 36.4 Å². The molecule has 0 aliphatic carbocycles. The minimum Gasteiger partial charge on any atom is -0.493 e. The molecule has 0 aromatic heterocycles. The van der Waals surface area contributed by atoms with Crippen molar-refractivity contribution in [1.82, 2.24) is 0 Å². The number of para-hydroxylation sites is 1. The molecule has 0 heterocycles. The number of carbonyl (C=O) groups is 2. The molecule has 0 spiro atoms. The molecule has 2 aromatic carbocycles. The third kappa shape index (κ3) is 4.07. The van der Waals surface area contributed by atoms with Gasteiger partial charge in [0.25, 0.3) is 11.6 Å². The molecule has 136 valence electrons. The molecule has 2 rings (SSSR count). The van der Waals surface area contributed by atoms with Gasteiger partial charge in [0.1, 0.15) is 0 Å². The Kier molecular flexibility index (Phi) is 5.74. The van der Waals surface area contributed by atoms with E-state index in [-0.39, 0.29) is 34.7 Å². The van der Waals surface area contributed by atoms with E-state index in [4.69, 9.17) is 15.2 Å². The molecule has 0 aliphatic heterocycles. The van der Waals surface area contributed by atoms with E-state index in [0.29, 0.717) is 5.75 Å². The van der Waals surface area contributed by atoms with Crippen molar-refractivity contribution in [2.24, 2.45) is 5.73 Å². The standard InChI is InChI=1S/C17H17N3O6/c1-25-14-8-11(17(18)22)12(9-15(14)26-2)19-16(21)7-10-5-3-4-6-13(10)20(23)24/h3-6,8-9H,7H2,1-2H3,(H2,18,22)(H,19,21). The van der Waals surface area contributed by atoms with E-state index in [1.165, 1.54) is 44.6 Å². The van der Waals surface area contributed by atoms with Gasteiger partial charge < -0.3 is 20.5 Å². The molecule has 9 nitrogen and oxygen atoms in total. The van der Waals surface area contributed by atoms with Gasteiger partial charge in [-0.2, -0.15) is 0 Å². The number of ether oxygens (including phenoxy) is 2. The van der Waals surface area contributed by atoms with Gasteiger partial charge in [-0.3, -0.25) is 19.7 Å². The van der Waals surface area contributed by atoms with Crippen molar-refractivity contribution in [3.8, 4) is 11.5 Å². The first kappa shape index (κ1) is 18.7. The number of nitro groups is 1. The van der Waals surface area contributed by atoms with E-state index in [1.54, 1.807) is 6.07 Å². The third-order valence-electron chi connectivity index (χ3n) is 3.60. The number of primary amides is 1. The van der Waals surface area contributed by atoms with Gasteiger partial charge in [0.15, 0.2) is 11.5 Å². The average molecular weight is 359 g/mol. The van der Waals surface area contributed by atoms with Crippen LogP contribution in [0.5, 0.6) is 11.5 Å². The Labute approximate surface area is 148 Å². The van der Waals surface area contributed by atoms with Crippen molar-refractivity contribution in [2.45, 2.75) is 6.42 Å². The van der Waals surface area contributed by atoms with Crippen molar-refractivity contribution in [3.63, 3.8) is 0 Å². The predicted molar refractivity (Wildman–Crippen MR) is 93.5 cm³/mol. The number of nitrogens with two attached hydrogens (primary N) is 1. The Balaban J connectivity index is 2.31. The van der Waals surface area contributed by atoms with E-state index < -0.39 is 16.7 Å². The lowest BCUT2D eigenvalue weighted by atomic mass is 10.1. The summed E-state index contributed by atoms with van der Waals surface area (Å²) in [7, 11) is 2.80. The zero-order valence-corrected chi connectivity index (χ0v) is 14.1. The second-order valence-electron chi connectivity index (χ2n) is 5.23. The maximum Gasteiger partial charge on any atom is 0.273 e. The molecule has 0 saturated heterocycles. The number of anilines is 1. The Bertz CT molecular complexity index is 866. The van der Waals surface area contributed by atoms with Gasteiger partial charge in [-0.15, -0.1) is 0 Å². The molecule has 0 atom stereocenters. The summed E-state index contributed by atoms with van der Waals surface area (Å²) in [5.41, 5.74) is 5.58. The lowest BCUT2D eigenvalue weighted by Crippen LogP contribution is -2.20. The molecular weight excluding hydrogens is 342 g/mol. The molecule has 0 bridgehead atoms. The minimum atomic E-state index is -0.771. The van der Waals surface area contributed by atoms with E-state index in [2.05, 4.69) is 5.32 Å². The van der Waals surface area contributed by atoms with Crippen LogP contribution in [0.2, 0.25) is 0 Å². The molecule has 0 radical (unpaired) electrons. The monoisotopic (exact) mass is 359 g/mol. The first-order valence-electron chi connectivity index (χ1n) is 7.45. The molecule has 26 heavy (non-hydrogen) atoms. The summed E-state index contributed by atoms with van der Waals surface area (Å²) in [6.07, 6.45) is -0.246. The number of nitro benzene ring substituents is 1. The molecular formula is C17H17N3O6. The Morgan fingerprint density at radius 1 is 1.15 bits per heavy atom. The number of carbonyl (C=O) groups excluding carboxylic acids is 2. The normalized spacial score (nSPS) is 10.1. The summed E-state index contributed by atoms with van der Waals surface area (Å²) >= 11 is 0. The molecule has 2 aromatic rings. The summed E-state index contributed by atoms with van der Waals surface area (Å²) in [5, 5.41) is 13.6. The zero-order chi connectivity index (χ0) is 19.3. The van der Waals surface area contributed by atoms with Gasteiger partial charge >= 0.3 is 0 Å². The largest absolute Gasteiger partial charge is 0.493 e. The molecule has 2 amide bonds. The number of benzene rings is 2. The van der Waals surface area contributed by atoms with Crippen molar-refractivity contribution < 1.29 is 24.0 Å². The van der Waals surface area contributed by atoms with Crippen LogP contribution in [0.3, 0.4) is 0 Å². The Morgan fingerprint density at radius 2 is 1.77 bits per heavy atom. The fraction of sp³-hybridized carbons (Fsp3) is 0.176. The maximum absolute atomic E-state index is 12.3. The van der Waals surface area contributed by atoms with E-state index in [1.807, 2.05) is 0 Å². The van der Waals surface area contributed by atoms with Crippen LogP contribution >= 0.6 is 0 Å². The van der Waals surface area contributed by atoms with Crippen LogP contribution in [-0.4, -0.2) is 31.0 Å². The van der Waals surface area contributed by atoms with Crippen LogP contribution in [-0.2, 0) is 11.2 Å². The highest BCUT2D eigenvalue weighted by Crippen LogP contribution is 2.33. The van der Waals surface area contributed by atoms with Crippen LogP contribution in [0, 0.1) is 10.1 Å². The van der Waals surface area contributed by atoms with E-state index in [9.17, 15) is 19.7 Å². The lowest BCUT2D eigenvalue weighted by Gasteiger charge is -2.14. The van der Waals surface area contributed by atoms with Gasteiger partial charge in [-0.25, -0.2) is 0 Å². The number of hydrogen-bond acceptors (Lipinski definition) is 6. The molecule has 3 N–H and O–H groups in total. The molecule has 0 saturated carbocycles. The quantitative estimate of drug-likeness (QED) is 0.573. The van der Waals surface area contributed by atoms with Crippen molar-refractivity contribution in [2.75, 3.05) is 19.5 Å². The predicted octanol–water partition coefficient (Wildman–Crippen LogP) is 1.89. The van der Waals surface area contributed by atoms with Crippen LogP contribution in [0.25, 0.3) is 0 Å². The highest BCUT2D eigenvalue weighted by atomic mass is 16.6. The number of nitrogens with one attached hydrogen (secondary N) is 1. The van der Waals surface area contributed by atoms with Gasteiger partial charge in [0, 0.05) is 17.7 Å². The van der Waals surface area contributed by atoms with Crippen LogP contribution in [0.4, 0.5) is 11.4 Å². The topological polar surface area (TPSA) is 134 Å². The zero-order valence-electron chi connectivity index (χ0n) is 14.1. The molecule has 9 heteroatoms.